The van der Waals surface area contributed by atoms with Crippen LogP contribution in [0.3, 0.4) is 0 Å². The Hall–Kier alpha value is -0.800. The molecule has 1 unspecified atom stereocenters. The van der Waals surface area contributed by atoms with Gasteiger partial charge in [-0.15, -0.1) is 0 Å². The molecule has 1 atom stereocenters. The first-order chi connectivity index (χ1) is 4.87. The highest BCUT2D eigenvalue weighted by atomic mass is 31.2. The Morgan fingerprint density at radius 1 is 1.64 bits per heavy atom. The lowest BCUT2D eigenvalue weighted by Gasteiger charge is -2.07. The Morgan fingerprint density at radius 2 is 2.09 bits per heavy atom. The summed E-state index contributed by atoms with van der Waals surface area (Å²) in [6, 6.07) is 0. The number of allylic oxidation sites excluding steroid dienone is 1. The van der Waals surface area contributed by atoms with E-state index in [9.17, 15) is 9.36 Å². The predicted molar refractivity (Wildman–Crippen MR) is 38.2 cm³/mol. The van der Waals surface area contributed by atoms with Crippen LogP contribution in [0.4, 0.5) is 0 Å². The molecule has 0 aromatic heterocycles. The third-order valence-electron chi connectivity index (χ3n) is 0.741. The molecule has 0 aromatic rings. The highest BCUT2D eigenvalue weighted by molar-refractivity contribution is 7.52. The SMILES string of the molecule is C/C=C(/OP(C)(=O)O)C(=O)O. The fraction of sp³-hybridized carbons (Fsp3) is 0.400. The summed E-state index contributed by atoms with van der Waals surface area (Å²) in [4.78, 5) is 18.8. The van der Waals surface area contributed by atoms with Gasteiger partial charge in [-0.1, -0.05) is 0 Å². The van der Waals surface area contributed by atoms with Gasteiger partial charge in [-0.25, -0.2) is 9.36 Å². The molecule has 0 aliphatic carbocycles. The number of rotatable bonds is 3. The van der Waals surface area contributed by atoms with Crippen molar-refractivity contribution in [3.8, 4) is 0 Å². The molecule has 11 heavy (non-hydrogen) atoms. The van der Waals surface area contributed by atoms with Crippen molar-refractivity contribution in [3.05, 3.63) is 11.8 Å². The molecular weight excluding hydrogens is 171 g/mol. The van der Waals surface area contributed by atoms with Crippen molar-refractivity contribution < 1.29 is 23.9 Å². The molecule has 6 heteroatoms. The summed E-state index contributed by atoms with van der Waals surface area (Å²) in [6.45, 7) is 2.32. The molecule has 5 nitrogen and oxygen atoms in total. The van der Waals surface area contributed by atoms with Gasteiger partial charge in [-0.3, -0.25) is 0 Å². The standard InChI is InChI=1S/C5H9O5P/c1-3-4(5(6)7)10-11(2,8)9/h3H,1-2H3,(H,6,7)(H,8,9)/b4-3+. The molecule has 0 fully saturated rings. The lowest BCUT2D eigenvalue weighted by Crippen LogP contribution is -2.02. The van der Waals surface area contributed by atoms with E-state index in [1.807, 2.05) is 0 Å². The third-order valence-corrected chi connectivity index (χ3v) is 1.28. The van der Waals surface area contributed by atoms with Crippen LogP contribution in [0.15, 0.2) is 11.8 Å². The van der Waals surface area contributed by atoms with Gasteiger partial charge in [0.05, 0.1) is 0 Å². The zero-order chi connectivity index (χ0) is 9.07. The molecule has 0 saturated carbocycles. The second-order valence-electron chi connectivity index (χ2n) is 1.85. The summed E-state index contributed by atoms with van der Waals surface area (Å²) in [6.07, 6.45) is 1.11. The number of carboxylic acid groups (broad SMARTS) is 1. The maximum atomic E-state index is 10.5. The number of carboxylic acids is 1. The van der Waals surface area contributed by atoms with Gasteiger partial charge in [0, 0.05) is 6.66 Å². The van der Waals surface area contributed by atoms with E-state index in [1.54, 1.807) is 0 Å². The molecule has 0 heterocycles. The summed E-state index contributed by atoms with van der Waals surface area (Å²) < 4.78 is 14.7. The van der Waals surface area contributed by atoms with Crippen LogP contribution < -0.4 is 0 Å². The van der Waals surface area contributed by atoms with Gasteiger partial charge in [0.1, 0.15) is 0 Å². The van der Waals surface area contributed by atoms with Gasteiger partial charge < -0.3 is 14.5 Å². The van der Waals surface area contributed by atoms with Crippen molar-refractivity contribution in [3.63, 3.8) is 0 Å². The smallest absolute Gasteiger partial charge is 0.373 e. The molecule has 2 N–H and O–H groups in total. The first-order valence-electron chi connectivity index (χ1n) is 2.76. The number of hydrogen-bond acceptors (Lipinski definition) is 3. The van der Waals surface area contributed by atoms with Crippen molar-refractivity contribution in [2.24, 2.45) is 0 Å². The predicted octanol–water partition coefficient (Wildman–Crippen LogP) is 0.807. The summed E-state index contributed by atoms with van der Waals surface area (Å²) in [7, 11) is -3.74. The Labute approximate surface area is 63.8 Å². The van der Waals surface area contributed by atoms with Crippen molar-refractivity contribution in [1.82, 2.24) is 0 Å². The van der Waals surface area contributed by atoms with Crippen molar-refractivity contribution in [1.29, 1.82) is 0 Å². The molecule has 0 bridgehead atoms. The Kier molecular flexibility index (Phi) is 3.29. The molecule has 0 aliphatic rings. The monoisotopic (exact) mass is 180 g/mol. The molecule has 64 valence electrons. The summed E-state index contributed by atoms with van der Waals surface area (Å²) >= 11 is 0. The van der Waals surface area contributed by atoms with E-state index < -0.39 is 19.3 Å². The zero-order valence-electron chi connectivity index (χ0n) is 6.14. The minimum Gasteiger partial charge on any atom is -0.475 e. The summed E-state index contributed by atoms with van der Waals surface area (Å²) in [5, 5.41) is 8.31. The first kappa shape index (κ1) is 10.2. The van der Waals surface area contributed by atoms with Crippen molar-refractivity contribution in [2.45, 2.75) is 6.92 Å². The molecule has 0 aliphatic heterocycles. The molecule has 0 spiro atoms. The quantitative estimate of drug-likeness (QED) is 0.381. The van der Waals surface area contributed by atoms with E-state index in [1.165, 1.54) is 6.92 Å². The summed E-state index contributed by atoms with van der Waals surface area (Å²) in [5.41, 5.74) is 0. The van der Waals surface area contributed by atoms with E-state index in [2.05, 4.69) is 4.52 Å². The van der Waals surface area contributed by atoms with E-state index >= 15 is 0 Å². The molecule has 0 saturated heterocycles. The largest absolute Gasteiger partial charge is 0.475 e. The van der Waals surface area contributed by atoms with Crippen LogP contribution in [-0.2, 0) is 13.9 Å². The van der Waals surface area contributed by atoms with Crippen molar-refractivity contribution in [2.75, 3.05) is 6.66 Å². The van der Waals surface area contributed by atoms with Crippen LogP contribution in [0.25, 0.3) is 0 Å². The average molecular weight is 180 g/mol. The van der Waals surface area contributed by atoms with Crippen LogP contribution >= 0.6 is 7.60 Å². The molecule has 0 aromatic carbocycles. The van der Waals surface area contributed by atoms with Crippen LogP contribution in [0.5, 0.6) is 0 Å². The number of aliphatic carboxylic acids is 1. The fourth-order valence-electron chi connectivity index (χ4n) is 0.398. The lowest BCUT2D eigenvalue weighted by molar-refractivity contribution is -0.135. The van der Waals surface area contributed by atoms with E-state index in [-0.39, 0.29) is 0 Å². The fourth-order valence-corrected chi connectivity index (χ4v) is 0.946. The second kappa shape index (κ2) is 3.55. The molecular formula is C5H9O5P. The zero-order valence-corrected chi connectivity index (χ0v) is 7.04. The Morgan fingerprint density at radius 3 is 2.18 bits per heavy atom. The Bertz CT molecular complexity index is 225. The van der Waals surface area contributed by atoms with Crippen LogP contribution in [0.2, 0.25) is 0 Å². The van der Waals surface area contributed by atoms with Crippen LogP contribution in [-0.4, -0.2) is 22.6 Å². The van der Waals surface area contributed by atoms with Gasteiger partial charge in [-0.2, -0.15) is 0 Å². The number of hydrogen-bond donors (Lipinski definition) is 2. The highest BCUT2D eigenvalue weighted by Crippen LogP contribution is 2.39. The van der Waals surface area contributed by atoms with E-state index in [0.29, 0.717) is 0 Å². The van der Waals surface area contributed by atoms with Gasteiger partial charge in [-0.05, 0) is 13.0 Å². The summed E-state index contributed by atoms with van der Waals surface area (Å²) in [5.74, 6) is -1.87. The minimum absolute atomic E-state index is 0.515. The second-order valence-corrected chi connectivity index (χ2v) is 3.64. The van der Waals surface area contributed by atoms with Gasteiger partial charge in [0.15, 0.2) is 0 Å². The van der Waals surface area contributed by atoms with E-state index in [4.69, 9.17) is 10.00 Å². The third kappa shape index (κ3) is 4.58. The van der Waals surface area contributed by atoms with Gasteiger partial charge in [0.2, 0.25) is 5.76 Å². The van der Waals surface area contributed by atoms with Gasteiger partial charge >= 0.3 is 13.6 Å². The highest BCUT2D eigenvalue weighted by Gasteiger charge is 2.17. The average Bonchev–Trinajstić information content (AvgIpc) is 1.80. The van der Waals surface area contributed by atoms with E-state index in [0.717, 1.165) is 12.7 Å². The molecule has 0 amide bonds. The Balaban J connectivity index is 4.37. The van der Waals surface area contributed by atoms with Gasteiger partial charge in [0.25, 0.3) is 0 Å². The minimum atomic E-state index is -3.74. The van der Waals surface area contributed by atoms with Crippen molar-refractivity contribution >= 4 is 13.6 Å². The maximum absolute atomic E-state index is 10.5. The lowest BCUT2D eigenvalue weighted by atomic mass is 10.5. The normalized spacial score (nSPS) is 17.2. The van der Waals surface area contributed by atoms with Crippen LogP contribution in [0.1, 0.15) is 6.92 Å². The first-order valence-corrected chi connectivity index (χ1v) is 4.78. The maximum Gasteiger partial charge on any atom is 0.373 e. The molecule has 0 radical (unpaired) electrons. The number of carbonyl (C=O) groups is 1. The molecule has 0 rings (SSSR count). The topological polar surface area (TPSA) is 83.8 Å². The van der Waals surface area contributed by atoms with Crippen LogP contribution in [0, 0.1) is 0 Å².